The minimum Gasteiger partial charge on any atom is -0.490 e. The molecule has 0 fully saturated rings. The second kappa shape index (κ2) is 11.8. The number of nitrogens with one attached hydrogen (secondary N) is 2. The highest BCUT2D eigenvalue weighted by Crippen LogP contribution is 2.29. The Morgan fingerprint density at radius 1 is 1.09 bits per heavy atom. The average Bonchev–Trinajstić information content (AvgIpc) is 3.34. The van der Waals surface area contributed by atoms with Crippen LogP contribution in [0.1, 0.15) is 32.5 Å². The predicted octanol–water partition coefficient (Wildman–Crippen LogP) is 3.90. The molecule has 0 saturated heterocycles. The lowest BCUT2D eigenvalue weighted by molar-refractivity contribution is -0.120. The summed E-state index contributed by atoms with van der Waals surface area (Å²) in [5.74, 6) is -0.759. The topological polar surface area (TPSA) is 106 Å². The van der Waals surface area contributed by atoms with Gasteiger partial charge in [0, 0.05) is 10.6 Å². The third-order valence-electron chi connectivity index (χ3n) is 4.09. The zero-order valence-corrected chi connectivity index (χ0v) is 19.1. The van der Waals surface area contributed by atoms with Gasteiger partial charge in [-0.25, -0.2) is 10.2 Å². The number of rotatable bonds is 9. The van der Waals surface area contributed by atoms with Gasteiger partial charge in [0.05, 0.1) is 19.4 Å². The van der Waals surface area contributed by atoms with E-state index in [0.717, 1.165) is 0 Å². The largest absolute Gasteiger partial charge is 0.490 e. The van der Waals surface area contributed by atoms with Crippen molar-refractivity contribution in [2.45, 2.75) is 6.92 Å². The molecule has 0 unspecified atom stereocenters. The molecule has 8 nitrogen and oxygen atoms in total. The molecule has 0 saturated carbocycles. The molecule has 0 atom stereocenters. The van der Waals surface area contributed by atoms with Crippen molar-refractivity contribution in [3.05, 3.63) is 81.0 Å². The maximum absolute atomic E-state index is 12.2. The summed E-state index contributed by atoms with van der Waals surface area (Å²) in [6, 6.07) is 14.7. The van der Waals surface area contributed by atoms with Crippen LogP contribution in [0.5, 0.6) is 11.5 Å². The Hall–Kier alpha value is -3.69. The number of thiophene rings is 1. The lowest BCUT2D eigenvalue weighted by Crippen LogP contribution is -2.34. The highest BCUT2D eigenvalue weighted by molar-refractivity contribution is 7.12. The SMILES string of the molecule is CCOc1cc(/C=N\NC(=O)CNC(=O)c2cccc(Cl)c2)ccc1OC(=O)c1cccs1. The van der Waals surface area contributed by atoms with Crippen molar-refractivity contribution in [1.82, 2.24) is 10.7 Å². The van der Waals surface area contributed by atoms with Gasteiger partial charge in [0.25, 0.3) is 11.8 Å². The molecule has 1 aromatic heterocycles. The molecule has 0 aliphatic heterocycles. The molecule has 0 spiro atoms. The molecule has 3 aromatic rings. The molecule has 10 heteroatoms. The van der Waals surface area contributed by atoms with E-state index in [1.807, 2.05) is 6.92 Å². The zero-order valence-electron chi connectivity index (χ0n) is 17.5. The second-order valence-electron chi connectivity index (χ2n) is 6.49. The van der Waals surface area contributed by atoms with Gasteiger partial charge >= 0.3 is 5.97 Å². The predicted molar refractivity (Wildman–Crippen MR) is 126 cm³/mol. The van der Waals surface area contributed by atoms with Gasteiger partial charge in [-0.15, -0.1) is 11.3 Å². The molecule has 3 rings (SSSR count). The highest BCUT2D eigenvalue weighted by atomic mass is 35.5. The summed E-state index contributed by atoms with van der Waals surface area (Å²) in [5.41, 5.74) is 3.29. The first-order valence-corrected chi connectivity index (χ1v) is 11.1. The summed E-state index contributed by atoms with van der Waals surface area (Å²) in [6.45, 7) is 1.92. The van der Waals surface area contributed by atoms with Gasteiger partial charge in [-0.05, 0) is 60.3 Å². The fraction of sp³-hybridized carbons (Fsp3) is 0.130. The Morgan fingerprint density at radius 2 is 1.94 bits per heavy atom. The number of esters is 1. The van der Waals surface area contributed by atoms with Gasteiger partial charge in [0.1, 0.15) is 4.88 Å². The fourth-order valence-corrected chi connectivity index (χ4v) is 3.40. The van der Waals surface area contributed by atoms with Crippen LogP contribution in [0.15, 0.2) is 65.1 Å². The average molecular weight is 486 g/mol. The zero-order chi connectivity index (χ0) is 23.6. The minimum absolute atomic E-state index is 0.259. The van der Waals surface area contributed by atoms with Crippen LogP contribution in [0.25, 0.3) is 0 Å². The standard InChI is InChI=1S/C23H20ClN3O5S/c1-2-31-19-11-15(8-9-18(19)32-23(30)20-7-4-10-33-20)13-26-27-21(28)14-25-22(29)16-5-3-6-17(24)12-16/h3-13H,2,14H2,1H3,(H,25,29)(H,27,28)/b26-13-. The Labute approximate surface area is 199 Å². The molecule has 2 amide bonds. The van der Waals surface area contributed by atoms with Crippen LogP contribution in [0, 0.1) is 0 Å². The lowest BCUT2D eigenvalue weighted by atomic mass is 10.2. The molecule has 0 aliphatic carbocycles. The molecule has 2 N–H and O–H groups in total. The number of hydrazone groups is 1. The number of carbonyl (C=O) groups is 3. The van der Waals surface area contributed by atoms with Gasteiger partial charge in [-0.2, -0.15) is 5.10 Å². The van der Waals surface area contributed by atoms with E-state index in [9.17, 15) is 14.4 Å². The summed E-state index contributed by atoms with van der Waals surface area (Å²) in [4.78, 5) is 36.7. The first-order valence-electron chi connectivity index (χ1n) is 9.84. The Morgan fingerprint density at radius 3 is 2.67 bits per heavy atom. The van der Waals surface area contributed by atoms with Gasteiger partial charge in [-0.1, -0.05) is 23.7 Å². The van der Waals surface area contributed by atoms with Crippen LogP contribution in [-0.4, -0.2) is 37.1 Å². The molecule has 0 bridgehead atoms. The van der Waals surface area contributed by atoms with Crippen molar-refractivity contribution < 1.29 is 23.9 Å². The third-order valence-corrected chi connectivity index (χ3v) is 5.18. The molecule has 170 valence electrons. The van der Waals surface area contributed by atoms with Crippen LogP contribution < -0.4 is 20.2 Å². The quantitative estimate of drug-likeness (QED) is 0.207. The summed E-state index contributed by atoms with van der Waals surface area (Å²) >= 11 is 7.14. The number of halogens is 1. The maximum Gasteiger partial charge on any atom is 0.353 e. The van der Waals surface area contributed by atoms with Crippen molar-refractivity contribution in [2.24, 2.45) is 5.10 Å². The first-order chi connectivity index (χ1) is 16.0. The van der Waals surface area contributed by atoms with Gasteiger partial charge < -0.3 is 14.8 Å². The van der Waals surface area contributed by atoms with Crippen LogP contribution in [-0.2, 0) is 4.79 Å². The van der Waals surface area contributed by atoms with E-state index >= 15 is 0 Å². The van der Waals surface area contributed by atoms with E-state index in [0.29, 0.717) is 33.4 Å². The number of benzene rings is 2. The minimum atomic E-state index is -0.506. The number of amides is 2. The van der Waals surface area contributed by atoms with Crippen molar-refractivity contribution in [2.75, 3.05) is 13.2 Å². The Kier molecular flexibility index (Phi) is 8.56. The fourth-order valence-electron chi connectivity index (χ4n) is 2.61. The van der Waals surface area contributed by atoms with E-state index in [2.05, 4.69) is 15.8 Å². The third kappa shape index (κ3) is 7.16. The monoisotopic (exact) mass is 485 g/mol. The molecular formula is C23H20ClN3O5S. The van der Waals surface area contributed by atoms with Gasteiger partial charge in [-0.3, -0.25) is 9.59 Å². The van der Waals surface area contributed by atoms with Crippen LogP contribution in [0.3, 0.4) is 0 Å². The number of carbonyl (C=O) groups excluding carboxylic acids is 3. The Bertz CT molecular complexity index is 1160. The van der Waals surface area contributed by atoms with E-state index in [4.69, 9.17) is 21.1 Å². The summed E-state index contributed by atoms with van der Waals surface area (Å²) in [7, 11) is 0. The smallest absolute Gasteiger partial charge is 0.353 e. The van der Waals surface area contributed by atoms with Crippen molar-refractivity contribution in [3.63, 3.8) is 0 Å². The number of ether oxygens (including phenoxy) is 2. The molecular weight excluding hydrogens is 466 g/mol. The van der Waals surface area contributed by atoms with E-state index in [-0.39, 0.29) is 12.3 Å². The lowest BCUT2D eigenvalue weighted by Gasteiger charge is -2.10. The van der Waals surface area contributed by atoms with Crippen LogP contribution in [0.2, 0.25) is 5.02 Å². The normalized spacial score (nSPS) is 10.6. The van der Waals surface area contributed by atoms with Crippen molar-refractivity contribution in [1.29, 1.82) is 0 Å². The summed E-state index contributed by atoms with van der Waals surface area (Å²) in [6.07, 6.45) is 1.41. The Balaban J connectivity index is 1.55. The van der Waals surface area contributed by atoms with Gasteiger partial charge in [0.2, 0.25) is 0 Å². The molecule has 2 aromatic carbocycles. The van der Waals surface area contributed by atoms with Crippen molar-refractivity contribution in [3.8, 4) is 11.5 Å². The second-order valence-corrected chi connectivity index (χ2v) is 7.88. The number of hydrogen-bond acceptors (Lipinski definition) is 7. The maximum atomic E-state index is 12.2. The molecule has 33 heavy (non-hydrogen) atoms. The molecule has 1 heterocycles. The highest BCUT2D eigenvalue weighted by Gasteiger charge is 2.14. The van der Waals surface area contributed by atoms with E-state index < -0.39 is 17.8 Å². The molecule has 0 radical (unpaired) electrons. The van der Waals surface area contributed by atoms with E-state index in [1.165, 1.54) is 23.6 Å². The number of nitrogens with zero attached hydrogens (tertiary/aromatic N) is 1. The van der Waals surface area contributed by atoms with Crippen LogP contribution in [0.4, 0.5) is 0 Å². The van der Waals surface area contributed by atoms with Crippen molar-refractivity contribution >= 4 is 46.9 Å². The van der Waals surface area contributed by atoms with Crippen LogP contribution >= 0.6 is 22.9 Å². The summed E-state index contributed by atoms with van der Waals surface area (Å²) in [5, 5.41) is 8.58. The summed E-state index contributed by atoms with van der Waals surface area (Å²) < 4.78 is 11.0. The first kappa shape index (κ1) is 24.0. The number of hydrogen-bond donors (Lipinski definition) is 2. The van der Waals surface area contributed by atoms with Gasteiger partial charge in [0.15, 0.2) is 11.5 Å². The molecule has 0 aliphatic rings. The van der Waals surface area contributed by atoms with E-state index in [1.54, 1.807) is 53.9 Å².